The molecule has 0 rings (SSSR count). The van der Waals surface area contributed by atoms with Crippen molar-refractivity contribution in [2.45, 2.75) is 83.7 Å². The van der Waals surface area contributed by atoms with E-state index in [4.69, 9.17) is 4.74 Å². The molecule has 1 atom stereocenters. The van der Waals surface area contributed by atoms with Crippen molar-refractivity contribution in [1.82, 2.24) is 0 Å². The van der Waals surface area contributed by atoms with Gasteiger partial charge in [-0.25, -0.2) is 0 Å². The van der Waals surface area contributed by atoms with Gasteiger partial charge in [-0.2, -0.15) is 0 Å². The first-order chi connectivity index (χ1) is 12.2. The van der Waals surface area contributed by atoms with Gasteiger partial charge >= 0.3 is 5.97 Å². The second-order valence-electron chi connectivity index (χ2n) is 8.08. The number of carbonyl (C=O) groups is 2. The molecule has 0 saturated carbocycles. The van der Waals surface area contributed by atoms with Crippen LogP contribution >= 0.6 is 0 Å². The van der Waals surface area contributed by atoms with Gasteiger partial charge in [0.25, 0.3) is 0 Å². The third-order valence-corrected chi connectivity index (χ3v) is 4.09. The normalized spacial score (nSPS) is 13.1. The molecule has 0 N–H and O–H groups in total. The number of esters is 1. The molecule has 0 unspecified atom stereocenters. The van der Waals surface area contributed by atoms with E-state index in [2.05, 4.69) is 19.1 Å². The maximum absolute atomic E-state index is 11.9. The molecular weight excluding hydrogens is 330 g/mol. The lowest BCUT2D eigenvalue weighted by Gasteiger charge is -2.29. The van der Waals surface area contributed by atoms with Crippen molar-refractivity contribution in [3.8, 4) is 0 Å². The van der Waals surface area contributed by atoms with Crippen LogP contribution in [0.3, 0.4) is 0 Å². The fourth-order valence-corrected chi connectivity index (χ4v) is 2.80. The Labute approximate surface area is 160 Å². The summed E-state index contributed by atoms with van der Waals surface area (Å²) in [7, 11) is 5.82. The van der Waals surface area contributed by atoms with E-state index in [0.717, 1.165) is 25.7 Å². The van der Waals surface area contributed by atoms with Crippen molar-refractivity contribution in [1.29, 1.82) is 0 Å². The summed E-state index contributed by atoms with van der Waals surface area (Å²) in [5, 5.41) is 10.8. The Balaban J connectivity index is 3.79. The topological polar surface area (TPSA) is 66.4 Å². The Bertz CT molecular complexity index is 413. The Kier molecular flexibility index (Phi) is 14.0. The number of nitrogens with zero attached hydrogens (tertiary/aromatic N) is 1. The zero-order valence-electron chi connectivity index (χ0n) is 17.3. The molecule has 0 aromatic rings. The number of carboxylic acids is 1. The van der Waals surface area contributed by atoms with Crippen molar-refractivity contribution in [2.75, 3.05) is 27.7 Å². The van der Waals surface area contributed by atoms with E-state index in [1.54, 1.807) is 0 Å². The smallest absolute Gasteiger partial charge is 0.306 e. The van der Waals surface area contributed by atoms with E-state index in [9.17, 15) is 14.7 Å². The van der Waals surface area contributed by atoms with Gasteiger partial charge in [0.15, 0.2) is 6.10 Å². The highest BCUT2D eigenvalue weighted by Gasteiger charge is 2.22. The van der Waals surface area contributed by atoms with Gasteiger partial charge in [0.05, 0.1) is 21.1 Å². The van der Waals surface area contributed by atoms with Crippen LogP contribution in [0.25, 0.3) is 0 Å². The first-order valence-corrected chi connectivity index (χ1v) is 10.1. The molecule has 0 heterocycles. The highest BCUT2D eigenvalue weighted by atomic mass is 16.5. The average molecular weight is 370 g/mol. The number of aliphatic carboxylic acids is 1. The maximum Gasteiger partial charge on any atom is 0.306 e. The van der Waals surface area contributed by atoms with Gasteiger partial charge in [-0.05, 0) is 25.7 Å². The molecule has 5 heteroatoms. The second kappa shape index (κ2) is 14.8. The van der Waals surface area contributed by atoms with Crippen LogP contribution < -0.4 is 5.11 Å². The van der Waals surface area contributed by atoms with Gasteiger partial charge in [0.2, 0.25) is 0 Å². The molecule has 0 fully saturated rings. The van der Waals surface area contributed by atoms with Gasteiger partial charge in [0, 0.05) is 18.8 Å². The Morgan fingerprint density at radius 1 is 0.962 bits per heavy atom. The van der Waals surface area contributed by atoms with Crippen LogP contribution in [0.4, 0.5) is 0 Å². The zero-order chi connectivity index (χ0) is 19.8. The molecule has 0 aliphatic rings. The van der Waals surface area contributed by atoms with Gasteiger partial charge in [-0.1, -0.05) is 51.2 Å². The predicted octanol–water partition coefficient (Wildman–Crippen LogP) is 3.22. The highest BCUT2D eigenvalue weighted by molar-refractivity contribution is 5.70. The fraction of sp³-hybridized carbons (Fsp3) is 0.810. The molecule has 0 aliphatic heterocycles. The Hall–Kier alpha value is -1.36. The lowest BCUT2D eigenvalue weighted by molar-refractivity contribution is -0.873. The van der Waals surface area contributed by atoms with Gasteiger partial charge in [-0.3, -0.25) is 4.79 Å². The fourth-order valence-electron chi connectivity index (χ4n) is 2.80. The van der Waals surface area contributed by atoms with E-state index in [0.29, 0.717) is 17.4 Å². The third kappa shape index (κ3) is 17.5. The van der Waals surface area contributed by atoms with E-state index >= 15 is 0 Å². The SMILES string of the molecule is CCCC/C=C\CCCCCCCC(=O)O[C@H](CC(=O)[O-])C[N+](C)(C)C. The van der Waals surface area contributed by atoms with Crippen LogP contribution in [-0.2, 0) is 14.3 Å². The lowest BCUT2D eigenvalue weighted by atomic mass is 10.1. The minimum Gasteiger partial charge on any atom is -0.550 e. The number of likely N-dealkylation sites (N-methyl/N-ethyl adjacent to an activating group) is 1. The molecule has 5 nitrogen and oxygen atoms in total. The monoisotopic (exact) mass is 369 g/mol. The highest BCUT2D eigenvalue weighted by Crippen LogP contribution is 2.11. The summed E-state index contributed by atoms with van der Waals surface area (Å²) in [6.07, 6.45) is 14.2. The van der Waals surface area contributed by atoms with Crippen LogP contribution in [0.1, 0.15) is 77.6 Å². The summed E-state index contributed by atoms with van der Waals surface area (Å²) in [5.41, 5.74) is 0. The van der Waals surface area contributed by atoms with Crippen LogP contribution in [0.2, 0.25) is 0 Å². The summed E-state index contributed by atoms with van der Waals surface area (Å²) in [6.45, 7) is 2.67. The van der Waals surface area contributed by atoms with Crippen molar-refractivity contribution in [3.05, 3.63) is 12.2 Å². The molecule has 0 radical (unpaired) electrons. The first-order valence-electron chi connectivity index (χ1n) is 10.1. The second-order valence-corrected chi connectivity index (χ2v) is 8.08. The predicted molar refractivity (Wildman–Crippen MR) is 103 cm³/mol. The largest absolute Gasteiger partial charge is 0.550 e. The van der Waals surface area contributed by atoms with Gasteiger partial charge in [-0.15, -0.1) is 0 Å². The van der Waals surface area contributed by atoms with Crippen molar-refractivity contribution in [2.24, 2.45) is 0 Å². The molecule has 0 bridgehead atoms. The van der Waals surface area contributed by atoms with E-state index in [1.807, 2.05) is 21.1 Å². The first kappa shape index (κ1) is 24.6. The number of allylic oxidation sites excluding steroid dienone is 2. The number of carbonyl (C=O) groups excluding carboxylic acids is 2. The number of unbranched alkanes of at least 4 members (excludes halogenated alkanes) is 7. The number of rotatable bonds is 16. The van der Waals surface area contributed by atoms with Crippen molar-refractivity contribution < 1.29 is 23.9 Å². The Morgan fingerprint density at radius 2 is 1.54 bits per heavy atom. The molecule has 0 amide bonds. The molecule has 0 saturated heterocycles. The molecule has 152 valence electrons. The maximum atomic E-state index is 11.9. The summed E-state index contributed by atoms with van der Waals surface area (Å²) < 4.78 is 5.88. The molecular formula is C21H39NO4. The number of hydrogen-bond acceptors (Lipinski definition) is 4. The van der Waals surface area contributed by atoms with E-state index in [1.165, 1.54) is 32.1 Å². The third-order valence-electron chi connectivity index (χ3n) is 4.09. The van der Waals surface area contributed by atoms with Crippen molar-refractivity contribution in [3.63, 3.8) is 0 Å². The van der Waals surface area contributed by atoms with Crippen LogP contribution in [0.15, 0.2) is 12.2 Å². The minimum atomic E-state index is -1.18. The van der Waals surface area contributed by atoms with E-state index < -0.39 is 12.1 Å². The minimum absolute atomic E-state index is 0.243. The number of quaternary nitrogens is 1. The van der Waals surface area contributed by atoms with Gasteiger partial charge < -0.3 is 19.1 Å². The molecule has 0 spiro atoms. The summed E-state index contributed by atoms with van der Waals surface area (Å²) in [5.74, 6) is -1.48. The lowest BCUT2D eigenvalue weighted by Crippen LogP contribution is -2.45. The average Bonchev–Trinajstić information content (AvgIpc) is 2.50. The molecule has 0 aromatic heterocycles. The molecule has 26 heavy (non-hydrogen) atoms. The molecule has 0 aromatic carbocycles. The number of carboxylic acid groups (broad SMARTS) is 1. The molecule has 0 aliphatic carbocycles. The van der Waals surface area contributed by atoms with Crippen LogP contribution in [0.5, 0.6) is 0 Å². The summed E-state index contributed by atoms with van der Waals surface area (Å²) >= 11 is 0. The summed E-state index contributed by atoms with van der Waals surface area (Å²) in [4.78, 5) is 22.8. The van der Waals surface area contributed by atoms with Crippen molar-refractivity contribution >= 4 is 11.9 Å². The van der Waals surface area contributed by atoms with E-state index in [-0.39, 0.29) is 12.4 Å². The quantitative estimate of drug-likeness (QED) is 0.181. The van der Waals surface area contributed by atoms with Crippen LogP contribution in [0, 0.1) is 0 Å². The number of hydrogen-bond donors (Lipinski definition) is 0. The zero-order valence-corrected chi connectivity index (χ0v) is 17.3. The number of ether oxygens (including phenoxy) is 1. The van der Waals surface area contributed by atoms with Crippen LogP contribution in [-0.4, -0.2) is 50.2 Å². The summed E-state index contributed by atoms with van der Waals surface area (Å²) in [6, 6.07) is 0. The van der Waals surface area contributed by atoms with Gasteiger partial charge in [0.1, 0.15) is 6.54 Å². The standard InChI is InChI=1S/C21H39NO4/c1-5-6-7-8-9-10-11-12-13-14-15-16-21(25)26-19(17-20(23)24)18-22(2,3)4/h8-9,19H,5-7,10-18H2,1-4H3/b9-8-/t19-/m1/s1. The Morgan fingerprint density at radius 3 is 2.12 bits per heavy atom.